The van der Waals surface area contributed by atoms with Crippen LogP contribution < -0.4 is 16.0 Å². The van der Waals surface area contributed by atoms with Gasteiger partial charge < -0.3 is 16.0 Å². The van der Waals surface area contributed by atoms with Gasteiger partial charge in [0.05, 0.1) is 0 Å². The minimum Gasteiger partial charge on any atom is -0.351 e. The monoisotopic (exact) mass is 381 g/mol. The van der Waals surface area contributed by atoms with E-state index in [9.17, 15) is 9.59 Å². The fraction of sp³-hybridized carbons (Fsp3) is 0.600. The summed E-state index contributed by atoms with van der Waals surface area (Å²) in [5, 5.41) is 9.46. The van der Waals surface area contributed by atoms with Gasteiger partial charge in [-0.05, 0) is 57.2 Å². The van der Waals surface area contributed by atoms with Crippen molar-refractivity contribution < 1.29 is 9.59 Å². The normalized spacial score (nSPS) is 20.8. The number of carbonyl (C=O) groups is 2. The van der Waals surface area contributed by atoms with Crippen LogP contribution in [0.5, 0.6) is 0 Å². The smallest absolute Gasteiger partial charge is 0.252 e. The Hall–Kier alpha value is -1.59. The molecule has 1 aromatic carbocycles. The maximum Gasteiger partial charge on any atom is 0.252 e. The lowest BCUT2D eigenvalue weighted by molar-refractivity contribution is -0.124. The highest BCUT2D eigenvalue weighted by Crippen LogP contribution is 2.12. The van der Waals surface area contributed by atoms with Crippen LogP contribution in [0.1, 0.15) is 56.0 Å². The third kappa shape index (κ3) is 6.61. The molecule has 3 unspecified atom stereocenters. The number of rotatable bonds is 6. The number of halogens is 1. The van der Waals surface area contributed by atoms with Crippen molar-refractivity contribution in [2.24, 2.45) is 5.92 Å². The fourth-order valence-electron chi connectivity index (χ4n) is 3.33. The summed E-state index contributed by atoms with van der Waals surface area (Å²) in [4.78, 5) is 25.4. The van der Waals surface area contributed by atoms with Gasteiger partial charge in [0.2, 0.25) is 5.91 Å². The zero-order chi connectivity index (χ0) is 18.4. The summed E-state index contributed by atoms with van der Waals surface area (Å²) in [5.74, 6) is 0.0622. The lowest BCUT2D eigenvalue weighted by atomic mass is 9.98. The van der Waals surface area contributed by atoms with E-state index in [1.54, 1.807) is 6.07 Å². The van der Waals surface area contributed by atoms with E-state index in [0.717, 1.165) is 24.9 Å². The Morgan fingerprint density at radius 3 is 2.58 bits per heavy atom. The van der Waals surface area contributed by atoms with Crippen LogP contribution in [0, 0.1) is 12.8 Å². The number of nitrogens with one attached hydrogen (secondary N) is 3. The summed E-state index contributed by atoms with van der Waals surface area (Å²) in [6.45, 7) is 9.07. The molecule has 146 valence electrons. The average molecular weight is 382 g/mol. The Labute approximate surface area is 163 Å². The molecule has 2 rings (SSSR count). The first kappa shape index (κ1) is 22.5. The van der Waals surface area contributed by atoms with Crippen molar-refractivity contribution in [3.05, 3.63) is 35.4 Å². The zero-order valence-electron chi connectivity index (χ0n) is 16.2. The van der Waals surface area contributed by atoms with Crippen LogP contribution in [0.25, 0.3) is 0 Å². The molecule has 0 aromatic heterocycles. The largest absolute Gasteiger partial charge is 0.351 e. The first-order valence-electron chi connectivity index (χ1n) is 9.27. The highest BCUT2D eigenvalue weighted by Gasteiger charge is 2.26. The van der Waals surface area contributed by atoms with Crippen molar-refractivity contribution in [2.45, 2.75) is 65.1 Å². The molecule has 0 bridgehead atoms. The fourth-order valence-corrected chi connectivity index (χ4v) is 3.33. The molecule has 2 amide bonds. The molecule has 0 aliphatic carbocycles. The van der Waals surface area contributed by atoms with Crippen molar-refractivity contribution in [1.82, 2.24) is 16.0 Å². The van der Waals surface area contributed by atoms with E-state index in [2.05, 4.69) is 36.7 Å². The van der Waals surface area contributed by atoms with Crippen LogP contribution in [0.2, 0.25) is 0 Å². The van der Waals surface area contributed by atoms with Crippen LogP contribution in [-0.2, 0) is 4.79 Å². The molecule has 1 aliphatic heterocycles. The number of piperidine rings is 1. The second-order valence-corrected chi connectivity index (χ2v) is 7.56. The lowest BCUT2D eigenvalue weighted by Crippen LogP contribution is -2.53. The summed E-state index contributed by atoms with van der Waals surface area (Å²) < 4.78 is 0. The molecular formula is C20H32ClN3O2. The predicted molar refractivity (Wildman–Crippen MR) is 108 cm³/mol. The van der Waals surface area contributed by atoms with Gasteiger partial charge in [0.25, 0.3) is 5.91 Å². The van der Waals surface area contributed by atoms with Gasteiger partial charge in [0.1, 0.15) is 6.04 Å². The quantitative estimate of drug-likeness (QED) is 0.709. The predicted octanol–water partition coefficient (Wildman–Crippen LogP) is 2.82. The van der Waals surface area contributed by atoms with Crippen molar-refractivity contribution in [3.63, 3.8) is 0 Å². The maximum absolute atomic E-state index is 12.8. The van der Waals surface area contributed by atoms with E-state index in [1.807, 2.05) is 25.1 Å². The van der Waals surface area contributed by atoms with Crippen molar-refractivity contribution in [3.8, 4) is 0 Å². The van der Waals surface area contributed by atoms with Gasteiger partial charge in [-0.1, -0.05) is 32.0 Å². The number of hydrogen-bond donors (Lipinski definition) is 3. The molecule has 3 atom stereocenters. The van der Waals surface area contributed by atoms with Gasteiger partial charge in [-0.25, -0.2) is 0 Å². The first-order valence-corrected chi connectivity index (χ1v) is 9.27. The van der Waals surface area contributed by atoms with E-state index in [1.165, 1.54) is 0 Å². The van der Waals surface area contributed by atoms with Crippen molar-refractivity contribution >= 4 is 24.2 Å². The third-order valence-electron chi connectivity index (χ3n) is 4.69. The third-order valence-corrected chi connectivity index (χ3v) is 4.69. The summed E-state index contributed by atoms with van der Waals surface area (Å²) in [7, 11) is 0. The van der Waals surface area contributed by atoms with Crippen LogP contribution in [-0.4, -0.2) is 36.5 Å². The minimum absolute atomic E-state index is 0. The Kier molecular flexibility index (Phi) is 9.09. The Bertz CT molecular complexity index is 606. The summed E-state index contributed by atoms with van der Waals surface area (Å²) in [6.07, 6.45) is 2.48. The Morgan fingerprint density at radius 2 is 1.96 bits per heavy atom. The molecule has 0 saturated carbocycles. The maximum atomic E-state index is 12.8. The van der Waals surface area contributed by atoms with Crippen LogP contribution in [0.4, 0.5) is 0 Å². The van der Waals surface area contributed by atoms with Crippen molar-refractivity contribution in [2.75, 3.05) is 6.54 Å². The van der Waals surface area contributed by atoms with Gasteiger partial charge in [-0.3, -0.25) is 9.59 Å². The van der Waals surface area contributed by atoms with Crippen LogP contribution >= 0.6 is 12.4 Å². The number of hydrogen-bond acceptors (Lipinski definition) is 3. The minimum atomic E-state index is -0.503. The molecule has 5 nitrogen and oxygen atoms in total. The van der Waals surface area contributed by atoms with Gasteiger partial charge in [0.15, 0.2) is 0 Å². The van der Waals surface area contributed by atoms with Gasteiger partial charge >= 0.3 is 0 Å². The molecular weight excluding hydrogens is 350 g/mol. The van der Waals surface area contributed by atoms with Gasteiger partial charge in [-0.2, -0.15) is 0 Å². The van der Waals surface area contributed by atoms with E-state index in [0.29, 0.717) is 23.9 Å². The number of benzene rings is 1. The Balaban J connectivity index is 0.00000338. The highest BCUT2D eigenvalue weighted by molar-refractivity contribution is 5.98. The molecule has 1 fully saturated rings. The van der Waals surface area contributed by atoms with Crippen LogP contribution in [0.3, 0.4) is 0 Å². The Morgan fingerprint density at radius 1 is 1.27 bits per heavy atom. The van der Waals surface area contributed by atoms with Crippen molar-refractivity contribution in [1.29, 1.82) is 0 Å². The lowest BCUT2D eigenvalue weighted by Gasteiger charge is -2.30. The average Bonchev–Trinajstić information content (AvgIpc) is 2.54. The molecule has 0 radical (unpaired) electrons. The molecule has 1 aliphatic rings. The standard InChI is InChI=1S/C20H31N3O2.ClH/c1-13(2)11-18(20(25)22-16-9-10-21-15(4)12-16)23-19(24)17-8-6-5-7-14(17)3;/h5-8,13,15-16,18,21H,9-12H2,1-4H3,(H,22,25)(H,23,24);1H. The second kappa shape index (κ2) is 10.5. The van der Waals surface area contributed by atoms with E-state index >= 15 is 0 Å². The topological polar surface area (TPSA) is 70.2 Å². The SMILES string of the molecule is Cc1ccccc1C(=O)NC(CC(C)C)C(=O)NC1CCNC(C)C1.Cl. The zero-order valence-corrected chi connectivity index (χ0v) is 17.0. The van der Waals surface area contributed by atoms with Gasteiger partial charge in [0, 0.05) is 17.6 Å². The molecule has 26 heavy (non-hydrogen) atoms. The molecule has 0 spiro atoms. The molecule has 1 heterocycles. The van der Waals surface area contributed by atoms with E-state index < -0.39 is 6.04 Å². The number of amides is 2. The second-order valence-electron chi connectivity index (χ2n) is 7.56. The van der Waals surface area contributed by atoms with E-state index in [4.69, 9.17) is 0 Å². The van der Waals surface area contributed by atoms with Crippen LogP contribution in [0.15, 0.2) is 24.3 Å². The molecule has 3 N–H and O–H groups in total. The van der Waals surface area contributed by atoms with E-state index in [-0.39, 0.29) is 30.3 Å². The highest BCUT2D eigenvalue weighted by atomic mass is 35.5. The summed E-state index contributed by atoms with van der Waals surface area (Å²) >= 11 is 0. The molecule has 6 heteroatoms. The first-order chi connectivity index (χ1) is 11.9. The summed E-state index contributed by atoms with van der Waals surface area (Å²) in [6, 6.07) is 7.53. The number of carbonyl (C=O) groups excluding carboxylic acids is 2. The van der Waals surface area contributed by atoms with Gasteiger partial charge in [-0.15, -0.1) is 12.4 Å². The molecule has 1 saturated heterocycles. The summed E-state index contributed by atoms with van der Waals surface area (Å²) in [5.41, 5.74) is 1.54. The molecule has 1 aromatic rings. The number of aryl methyl sites for hydroxylation is 1.